The molecule has 0 aliphatic carbocycles. The molecule has 3 rings (SSSR count). The van der Waals surface area contributed by atoms with Crippen molar-refractivity contribution in [3.05, 3.63) is 54.3 Å². The van der Waals surface area contributed by atoms with Crippen LogP contribution >= 0.6 is 0 Å². The molecule has 110 valence electrons. The van der Waals surface area contributed by atoms with Crippen molar-refractivity contribution in [3.63, 3.8) is 0 Å². The summed E-state index contributed by atoms with van der Waals surface area (Å²) >= 11 is 0. The minimum absolute atomic E-state index is 0.186. The predicted octanol–water partition coefficient (Wildman–Crippen LogP) is 1.82. The lowest BCUT2D eigenvalue weighted by Gasteiger charge is -2.02. The SMILES string of the molecule is O=C(O)c1cc(-c2ccc(/C=N/n3cnnc3)o2)ccc1O. The lowest BCUT2D eigenvalue weighted by molar-refractivity contribution is 0.0694. The van der Waals surface area contributed by atoms with Gasteiger partial charge in [0.1, 0.15) is 35.5 Å². The molecule has 1 aromatic carbocycles. The smallest absolute Gasteiger partial charge is 0.339 e. The zero-order valence-electron chi connectivity index (χ0n) is 11.1. The van der Waals surface area contributed by atoms with Crippen LogP contribution in [0.5, 0.6) is 5.75 Å². The summed E-state index contributed by atoms with van der Waals surface area (Å²) in [6, 6.07) is 7.60. The summed E-state index contributed by atoms with van der Waals surface area (Å²) < 4.78 is 6.97. The molecule has 2 N–H and O–H groups in total. The van der Waals surface area contributed by atoms with Crippen LogP contribution in [0.2, 0.25) is 0 Å². The van der Waals surface area contributed by atoms with Gasteiger partial charge in [0.25, 0.3) is 0 Å². The highest BCUT2D eigenvalue weighted by atomic mass is 16.4. The summed E-state index contributed by atoms with van der Waals surface area (Å²) in [5.41, 5.74) is 0.354. The van der Waals surface area contributed by atoms with E-state index < -0.39 is 5.97 Å². The number of aromatic carboxylic acids is 1. The van der Waals surface area contributed by atoms with Gasteiger partial charge in [0.2, 0.25) is 0 Å². The number of benzene rings is 1. The second-order valence-electron chi connectivity index (χ2n) is 4.33. The molecule has 0 fully saturated rings. The van der Waals surface area contributed by atoms with Crippen LogP contribution in [-0.2, 0) is 0 Å². The van der Waals surface area contributed by atoms with E-state index in [9.17, 15) is 9.90 Å². The molecule has 0 atom stereocenters. The average Bonchev–Trinajstić information content (AvgIpc) is 3.17. The van der Waals surface area contributed by atoms with Gasteiger partial charge < -0.3 is 14.6 Å². The predicted molar refractivity (Wildman–Crippen MR) is 75.8 cm³/mol. The number of carbonyl (C=O) groups is 1. The third-order valence-corrected chi connectivity index (χ3v) is 2.86. The number of aromatic hydroxyl groups is 1. The van der Waals surface area contributed by atoms with Crippen molar-refractivity contribution < 1.29 is 19.4 Å². The Hall–Kier alpha value is -3.42. The Bertz CT molecular complexity index is 836. The summed E-state index contributed by atoms with van der Waals surface area (Å²) in [5, 5.41) is 29.8. The molecule has 0 saturated carbocycles. The highest BCUT2D eigenvalue weighted by molar-refractivity contribution is 5.92. The molecule has 0 spiro atoms. The zero-order chi connectivity index (χ0) is 15.5. The number of nitrogens with zero attached hydrogens (tertiary/aromatic N) is 4. The van der Waals surface area contributed by atoms with Crippen LogP contribution in [0, 0.1) is 0 Å². The molecule has 0 unspecified atom stereocenters. The Kier molecular flexibility index (Phi) is 3.40. The Balaban J connectivity index is 1.87. The summed E-state index contributed by atoms with van der Waals surface area (Å²) in [6.45, 7) is 0. The standard InChI is InChI=1S/C14H10N4O4/c19-12-3-1-9(5-11(12)14(20)21)13-4-2-10(22-13)6-17-18-7-15-16-8-18/h1-8,19H,(H,20,21)/b17-6+. The first-order chi connectivity index (χ1) is 10.6. The highest BCUT2D eigenvalue weighted by Gasteiger charge is 2.12. The van der Waals surface area contributed by atoms with Crippen LogP contribution in [-0.4, -0.2) is 37.3 Å². The number of phenols is 1. The van der Waals surface area contributed by atoms with E-state index in [0.717, 1.165) is 0 Å². The van der Waals surface area contributed by atoms with Gasteiger partial charge in [-0.3, -0.25) is 0 Å². The molecule has 0 aliphatic heterocycles. The number of rotatable bonds is 4. The zero-order valence-corrected chi connectivity index (χ0v) is 11.1. The molecule has 2 aromatic heterocycles. The lowest BCUT2D eigenvalue weighted by Crippen LogP contribution is -1.96. The van der Waals surface area contributed by atoms with E-state index >= 15 is 0 Å². The number of carboxylic acid groups (broad SMARTS) is 1. The minimum Gasteiger partial charge on any atom is -0.507 e. The van der Waals surface area contributed by atoms with Crippen LogP contribution in [0.3, 0.4) is 0 Å². The largest absolute Gasteiger partial charge is 0.507 e. The Morgan fingerprint density at radius 2 is 2.00 bits per heavy atom. The van der Waals surface area contributed by atoms with Crippen LogP contribution in [0.15, 0.2) is 52.5 Å². The second kappa shape index (κ2) is 5.52. The van der Waals surface area contributed by atoms with Crippen molar-refractivity contribution in [2.75, 3.05) is 0 Å². The topological polar surface area (TPSA) is 114 Å². The lowest BCUT2D eigenvalue weighted by atomic mass is 10.1. The molecular formula is C14H10N4O4. The number of furan rings is 1. The molecule has 22 heavy (non-hydrogen) atoms. The van der Waals surface area contributed by atoms with Gasteiger partial charge in [-0.05, 0) is 30.3 Å². The first-order valence-electron chi connectivity index (χ1n) is 6.19. The molecule has 8 nitrogen and oxygen atoms in total. The molecule has 2 heterocycles. The third kappa shape index (κ3) is 2.70. The van der Waals surface area contributed by atoms with Crippen molar-refractivity contribution in [1.82, 2.24) is 14.9 Å². The van der Waals surface area contributed by atoms with E-state index in [1.807, 2.05) is 0 Å². The van der Waals surface area contributed by atoms with Crippen LogP contribution in [0.25, 0.3) is 11.3 Å². The van der Waals surface area contributed by atoms with E-state index in [1.54, 1.807) is 18.2 Å². The Morgan fingerprint density at radius 3 is 2.73 bits per heavy atom. The van der Waals surface area contributed by atoms with Crippen LogP contribution < -0.4 is 0 Å². The summed E-state index contributed by atoms with van der Waals surface area (Å²) in [5.74, 6) is -0.557. The highest BCUT2D eigenvalue weighted by Crippen LogP contribution is 2.27. The van der Waals surface area contributed by atoms with E-state index in [-0.39, 0.29) is 11.3 Å². The van der Waals surface area contributed by atoms with Crippen molar-refractivity contribution in [2.45, 2.75) is 0 Å². The fourth-order valence-corrected chi connectivity index (χ4v) is 1.82. The van der Waals surface area contributed by atoms with Gasteiger partial charge in [0, 0.05) is 5.56 Å². The van der Waals surface area contributed by atoms with Gasteiger partial charge in [-0.25, -0.2) is 9.47 Å². The molecular weight excluding hydrogens is 288 g/mol. The molecule has 0 saturated heterocycles. The molecule has 0 bridgehead atoms. The fourth-order valence-electron chi connectivity index (χ4n) is 1.82. The van der Waals surface area contributed by atoms with Crippen molar-refractivity contribution in [3.8, 4) is 17.1 Å². The molecule has 0 aliphatic rings. The first kappa shape index (κ1) is 13.6. The molecule has 0 amide bonds. The Labute approximate surface area is 124 Å². The number of aromatic nitrogens is 3. The number of hydrogen-bond acceptors (Lipinski definition) is 6. The van der Waals surface area contributed by atoms with Gasteiger partial charge in [-0.15, -0.1) is 10.2 Å². The maximum atomic E-state index is 11.0. The van der Waals surface area contributed by atoms with Gasteiger partial charge in [0.15, 0.2) is 0 Å². The number of hydrogen-bond donors (Lipinski definition) is 2. The van der Waals surface area contributed by atoms with Crippen LogP contribution in [0.4, 0.5) is 0 Å². The van der Waals surface area contributed by atoms with Crippen molar-refractivity contribution in [1.29, 1.82) is 0 Å². The van der Waals surface area contributed by atoms with E-state index in [2.05, 4.69) is 15.3 Å². The minimum atomic E-state index is -1.21. The van der Waals surface area contributed by atoms with Crippen molar-refractivity contribution in [2.24, 2.45) is 5.10 Å². The third-order valence-electron chi connectivity index (χ3n) is 2.86. The molecule has 3 aromatic rings. The number of carboxylic acids is 1. The molecule has 8 heteroatoms. The van der Waals surface area contributed by atoms with Crippen LogP contribution in [0.1, 0.15) is 16.1 Å². The van der Waals surface area contributed by atoms with E-state index in [0.29, 0.717) is 17.1 Å². The quantitative estimate of drug-likeness (QED) is 0.710. The summed E-state index contributed by atoms with van der Waals surface area (Å²) in [7, 11) is 0. The normalized spacial score (nSPS) is 11.1. The summed E-state index contributed by atoms with van der Waals surface area (Å²) in [6.07, 6.45) is 4.34. The summed E-state index contributed by atoms with van der Waals surface area (Å²) in [4.78, 5) is 11.0. The maximum Gasteiger partial charge on any atom is 0.339 e. The molecule has 0 radical (unpaired) electrons. The van der Waals surface area contributed by atoms with Gasteiger partial charge >= 0.3 is 5.97 Å². The van der Waals surface area contributed by atoms with Gasteiger partial charge in [-0.2, -0.15) is 5.10 Å². The Morgan fingerprint density at radius 1 is 1.23 bits per heavy atom. The monoisotopic (exact) mass is 298 g/mol. The van der Waals surface area contributed by atoms with E-state index in [4.69, 9.17) is 9.52 Å². The first-order valence-corrected chi connectivity index (χ1v) is 6.19. The van der Waals surface area contributed by atoms with Gasteiger partial charge in [0.05, 0.1) is 6.21 Å². The average molecular weight is 298 g/mol. The maximum absolute atomic E-state index is 11.0. The van der Waals surface area contributed by atoms with Crippen molar-refractivity contribution >= 4 is 12.2 Å². The second-order valence-corrected chi connectivity index (χ2v) is 4.33. The van der Waals surface area contributed by atoms with Gasteiger partial charge in [-0.1, -0.05) is 0 Å². The fraction of sp³-hybridized carbons (Fsp3) is 0. The van der Waals surface area contributed by atoms with E-state index in [1.165, 1.54) is 35.7 Å².